The van der Waals surface area contributed by atoms with Crippen molar-refractivity contribution >= 4 is 34.6 Å². The zero-order valence-electron chi connectivity index (χ0n) is 27.1. The molecule has 0 radical (unpaired) electrons. The van der Waals surface area contributed by atoms with E-state index in [1.165, 1.54) is 24.5 Å². The summed E-state index contributed by atoms with van der Waals surface area (Å²) in [5, 5.41) is 8.03. The lowest BCUT2D eigenvalue weighted by molar-refractivity contribution is -0.111. The Morgan fingerprint density at radius 1 is 1.02 bits per heavy atom. The number of rotatable bonds is 11. The molecule has 3 heterocycles. The highest BCUT2D eigenvalue weighted by Gasteiger charge is 2.30. The number of ether oxygens (including phenoxy) is 1. The molecule has 2 aliphatic rings. The van der Waals surface area contributed by atoms with Crippen LogP contribution < -0.4 is 25.3 Å². The first-order valence-corrected chi connectivity index (χ1v) is 16.1. The van der Waals surface area contributed by atoms with Gasteiger partial charge >= 0.3 is 0 Å². The number of piperazine rings is 1. The maximum atomic E-state index is 14.0. The number of benzene rings is 3. The van der Waals surface area contributed by atoms with E-state index < -0.39 is 11.6 Å². The molecule has 6 rings (SSSR count). The lowest BCUT2D eigenvalue weighted by Crippen LogP contribution is -2.46. The Kier molecular flexibility index (Phi) is 10.1. The molecule has 2 N–H and O–H groups in total. The molecule has 250 valence electrons. The molecule has 3 aromatic carbocycles. The molecule has 0 spiro atoms. The first kappa shape index (κ1) is 32.9. The lowest BCUT2D eigenvalue weighted by Gasteiger charge is -2.37. The highest BCUT2D eigenvalue weighted by atomic mass is 19.1. The highest BCUT2D eigenvalue weighted by Crippen LogP contribution is 2.40. The topological polar surface area (TPSA) is 95.1 Å². The van der Waals surface area contributed by atoms with Crippen LogP contribution >= 0.6 is 0 Å². The number of amides is 1. The van der Waals surface area contributed by atoms with Gasteiger partial charge in [0, 0.05) is 50.8 Å². The Hall–Kier alpha value is -5.07. The largest absolute Gasteiger partial charge is 0.494 e. The summed E-state index contributed by atoms with van der Waals surface area (Å²) in [5.41, 5.74) is 4.16. The average Bonchev–Trinajstić information content (AvgIpc) is 3.59. The molecule has 1 amide bonds. The van der Waals surface area contributed by atoms with Crippen LogP contribution in [-0.2, 0) is 9.63 Å². The fraction of sp³-hybridized carbons (Fsp3) is 0.306. The maximum absolute atomic E-state index is 14.0. The monoisotopic (exact) mass is 655 g/mol. The van der Waals surface area contributed by atoms with Crippen LogP contribution in [0.15, 0.2) is 79.6 Å². The minimum Gasteiger partial charge on any atom is -0.494 e. The molecule has 4 aromatic rings. The van der Waals surface area contributed by atoms with E-state index in [2.05, 4.69) is 43.9 Å². The van der Waals surface area contributed by atoms with E-state index in [4.69, 9.17) is 9.57 Å². The standard InChI is InChI=1S/C36H39F2N7O3/c1-4-10-43-11-13-44(14-12-43)32-21-33(47-3)30(20-29(32)42-36(46)5-2)41-34-22-35(40-23-39-34)45-31(9-15-48-45)25-8-6-7-24(16-25)26-17-27(37)19-28(38)18-26/h5-8,16-23,31H,2,4,9-15H2,1,3H3,(H,42,46)(H,39,40,41). The maximum Gasteiger partial charge on any atom is 0.247 e. The van der Waals surface area contributed by atoms with E-state index in [1.807, 2.05) is 36.4 Å². The van der Waals surface area contributed by atoms with Gasteiger partial charge in [-0.3, -0.25) is 14.5 Å². The molecule has 1 atom stereocenters. The molecule has 2 aliphatic heterocycles. The van der Waals surface area contributed by atoms with Gasteiger partial charge in [-0.05, 0) is 60.0 Å². The van der Waals surface area contributed by atoms with Crippen molar-refractivity contribution in [3.63, 3.8) is 0 Å². The Morgan fingerprint density at radius 2 is 1.81 bits per heavy atom. The molecule has 48 heavy (non-hydrogen) atoms. The first-order valence-electron chi connectivity index (χ1n) is 16.1. The molecule has 10 nitrogen and oxygen atoms in total. The van der Waals surface area contributed by atoms with Crippen molar-refractivity contribution in [2.24, 2.45) is 0 Å². The summed E-state index contributed by atoms with van der Waals surface area (Å²) in [6, 6.07) is 16.4. The number of hydroxylamine groups is 1. The molecule has 0 bridgehead atoms. The van der Waals surface area contributed by atoms with Crippen LogP contribution in [-0.4, -0.2) is 67.2 Å². The van der Waals surface area contributed by atoms with E-state index in [0.717, 1.165) is 56.5 Å². The number of carbonyl (C=O) groups excluding carboxylic acids is 1. The zero-order chi connectivity index (χ0) is 33.6. The van der Waals surface area contributed by atoms with E-state index in [0.29, 0.717) is 52.9 Å². The fourth-order valence-corrected chi connectivity index (χ4v) is 6.23. The van der Waals surface area contributed by atoms with Gasteiger partial charge in [-0.25, -0.2) is 23.8 Å². The Bertz CT molecular complexity index is 1760. The summed E-state index contributed by atoms with van der Waals surface area (Å²) >= 11 is 0. The normalized spacial score (nSPS) is 16.5. The second-order valence-corrected chi connectivity index (χ2v) is 11.7. The minimum absolute atomic E-state index is 0.196. The van der Waals surface area contributed by atoms with Crippen molar-refractivity contribution in [1.82, 2.24) is 14.9 Å². The van der Waals surface area contributed by atoms with Gasteiger partial charge in [0.25, 0.3) is 0 Å². The van der Waals surface area contributed by atoms with Crippen molar-refractivity contribution < 1.29 is 23.1 Å². The molecule has 0 saturated carbocycles. The summed E-state index contributed by atoms with van der Waals surface area (Å²) in [6.07, 6.45) is 4.48. The van der Waals surface area contributed by atoms with E-state index in [-0.39, 0.29) is 11.9 Å². The summed E-state index contributed by atoms with van der Waals surface area (Å²) in [6.45, 7) is 10.8. The van der Waals surface area contributed by atoms with E-state index in [9.17, 15) is 13.6 Å². The second-order valence-electron chi connectivity index (χ2n) is 11.7. The highest BCUT2D eigenvalue weighted by molar-refractivity contribution is 6.02. The number of hydrogen-bond donors (Lipinski definition) is 2. The second kappa shape index (κ2) is 14.8. The van der Waals surface area contributed by atoms with Crippen LogP contribution in [0.5, 0.6) is 5.75 Å². The number of halogens is 2. The Balaban J connectivity index is 1.26. The summed E-state index contributed by atoms with van der Waals surface area (Å²) in [4.78, 5) is 32.1. The predicted molar refractivity (Wildman–Crippen MR) is 184 cm³/mol. The van der Waals surface area contributed by atoms with Crippen molar-refractivity contribution in [1.29, 1.82) is 0 Å². The third-order valence-electron chi connectivity index (χ3n) is 8.53. The van der Waals surface area contributed by atoms with Crippen molar-refractivity contribution in [3.05, 3.63) is 96.8 Å². The molecule has 12 heteroatoms. The van der Waals surface area contributed by atoms with Gasteiger partial charge in [0.1, 0.15) is 29.5 Å². The minimum atomic E-state index is -0.631. The fourth-order valence-electron chi connectivity index (χ4n) is 6.23. The molecule has 2 fully saturated rings. The van der Waals surface area contributed by atoms with Crippen LogP contribution in [0, 0.1) is 11.6 Å². The van der Waals surface area contributed by atoms with E-state index >= 15 is 0 Å². The Morgan fingerprint density at radius 3 is 2.54 bits per heavy atom. The van der Waals surface area contributed by atoms with Gasteiger partial charge < -0.3 is 20.3 Å². The summed E-state index contributed by atoms with van der Waals surface area (Å²) in [7, 11) is 1.60. The average molecular weight is 656 g/mol. The molecule has 2 saturated heterocycles. The van der Waals surface area contributed by atoms with Gasteiger partial charge in [-0.15, -0.1) is 0 Å². The molecular formula is C36H39F2N7O3. The van der Waals surface area contributed by atoms with Crippen molar-refractivity contribution in [2.45, 2.75) is 25.8 Å². The zero-order valence-corrected chi connectivity index (χ0v) is 27.1. The number of carbonyl (C=O) groups is 1. The SMILES string of the molecule is C=CC(=O)Nc1cc(Nc2cc(N3OCCC3c3cccc(-c4cc(F)cc(F)c4)c3)ncn2)c(OC)cc1N1CCN(CCC)CC1. The quantitative estimate of drug-likeness (QED) is 0.171. The molecule has 1 unspecified atom stereocenters. The van der Waals surface area contributed by atoms with Crippen molar-refractivity contribution in [3.8, 4) is 16.9 Å². The van der Waals surface area contributed by atoms with Gasteiger partial charge in [0.2, 0.25) is 5.91 Å². The Labute approximate surface area is 279 Å². The predicted octanol–water partition coefficient (Wildman–Crippen LogP) is 6.71. The number of aromatic nitrogens is 2. The number of nitrogens with zero attached hydrogens (tertiary/aromatic N) is 5. The van der Waals surface area contributed by atoms with Crippen LogP contribution in [0.25, 0.3) is 11.1 Å². The summed E-state index contributed by atoms with van der Waals surface area (Å²) in [5.74, 6) is 0.0168. The van der Waals surface area contributed by atoms with Gasteiger partial charge in [0.05, 0.1) is 36.8 Å². The number of methoxy groups -OCH3 is 1. The number of nitrogens with one attached hydrogen (secondary N) is 2. The van der Waals surface area contributed by atoms with Crippen LogP contribution in [0.1, 0.15) is 31.4 Å². The molecule has 1 aromatic heterocycles. The van der Waals surface area contributed by atoms with Crippen molar-refractivity contribution in [2.75, 3.05) is 67.0 Å². The van der Waals surface area contributed by atoms with Gasteiger partial charge in [0.15, 0.2) is 5.82 Å². The lowest BCUT2D eigenvalue weighted by atomic mass is 9.98. The number of anilines is 5. The third-order valence-corrected chi connectivity index (χ3v) is 8.53. The van der Waals surface area contributed by atoms with Crippen LogP contribution in [0.4, 0.5) is 37.5 Å². The van der Waals surface area contributed by atoms with Crippen LogP contribution in [0.3, 0.4) is 0 Å². The number of hydrogen-bond acceptors (Lipinski definition) is 9. The van der Waals surface area contributed by atoms with Gasteiger partial charge in [-0.2, -0.15) is 0 Å². The van der Waals surface area contributed by atoms with Gasteiger partial charge in [-0.1, -0.05) is 31.7 Å². The molecular weight excluding hydrogens is 616 g/mol. The van der Waals surface area contributed by atoms with Crippen LogP contribution in [0.2, 0.25) is 0 Å². The first-order chi connectivity index (χ1) is 23.3. The van der Waals surface area contributed by atoms with E-state index in [1.54, 1.807) is 18.2 Å². The third kappa shape index (κ3) is 7.40. The molecule has 0 aliphatic carbocycles. The smallest absolute Gasteiger partial charge is 0.247 e. The summed E-state index contributed by atoms with van der Waals surface area (Å²) < 4.78 is 33.7.